The highest BCUT2D eigenvalue weighted by atomic mass is 15.2. The molecule has 98 valence electrons. The van der Waals surface area contributed by atoms with E-state index in [2.05, 4.69) is 64.4 Å². The SMILES string of the molecule is CN1CCC2(CC1)Nc1ccccc1-n1cccc12. The molecule has 1 spiro atoms. The fourth-order valence-electron chi connectivity index (χ4n) is 3.47. The van der Waals surface area contributed by atoms with Crippen LogP contribution in [0.25, 0.3) is 5.69 Å². The molecule has 2 aromatic rings. The first-order chi connectivity index (χ1) is 9.28. The first kappa shape index (κ1) is 11.1. The van der Waals surface area contributed by atoms with Crippen LogP contribution in [0.15, 0.2) is 42.6 Å². The van der Waals surface area contributed by atoms with Gasteiger partial charge in [-0.2, -0.15) is 0 Å². The molecule has 3 heterocycles. The van der Waals surface area contributed by atoms with Gasteiger partial charge in [-0.25, -0.2) is 0 Å². The highest BCUT2D eigenvalue weighted by Crippen LogP contribution is 2.42. The van der Waals surface area contributed by atoms with E-state index >= 15 is 0 Å². The van der Waals surface area contributed by atoms with Crippen LogP contribution in [0.2, 0.25) is 0 Å². The summed E-state index contributed by atoms with van der Waals surface area (Å²) in [6, 6.07) is 13.0. The third-order valence-corrected chi connectivity index (χ3v) is 4.62. The molecule has 19 heavy (non-hydrogen) atoms. The van der Waals surface area contributed by atoms with Crippen LogP contribution in [-0.4, -0.2) is 29.6 Å². The minimum atomic E-state index is 0.115. The average Bonchev–Trinajstić information content (AvgIpc) is 2.93. The second-order valence-electron chi connectivity index (χ2n) is 5.79. The van der Waals surface area contributed by atoms with Crippen molar-refractivity contribution in [3.8, 4) is 5.69 Å². The van der Waals surface area contributed by atoms with E-state index in [1.807, 2.05) is 0 Å². The van der Waals surface area contributed by atoms with Crippen LogP contribution in [0.1, 0.15) is 18.5 Å². The van der Waals surface area contributed by atoms with Gasteiger partial charge in [0.1, 0.15) is 0 Å². The Labute approximate surface area is 113 Å². The number of aromatic nitrogens is 1. The van der Waals surface area contributed by atoms with Gasteiger partial charge in [-0.05, 0) is 44.2 Å². The van der Waals surface area contributed by atoms with Gasteiger partial charge in [-0.1, -0.05) is 12.1 Å². The van der Waals surface area contributed by atoms with Crippen LogP contribution < -0.4 is 5.32 Å². The van der Waals surface area contributed by atoms with Gasteiger partial charge in [0.05, 0.1) is 16.9 Å². The summed E-state index contributed by atoms with van der Waals surface area (Å²) in [6.45, 7) is 2.31. The van der Waals surface area contributed by atoms with E-state index in [-0.39, 0.29) is 5.54 Å². The fourth-order valence-corrected chi connectivity index (χ4v) is 3.47. The second kappa shape index (κ2) is 3.87. The van der Waals surface area contributed by atoms with Crippen molar-refractivity contribution in [1.82, 2.24) is 9.47 Å². The largest absolute Gasteiger partial charge is 0.372 e. The third-order valence-electron chi connectivity index (χ3n) is 4.62. The normalized spacial score (nSPS) is 20.7. The lowest BCUT2D eigenvalue weighted by molar-refractivity contribution is 0.199. The minimum Gasteiger partial charge on any atom is -0.372 e. The molecule has 0 atom stereocenters. The van der Waals surface area contributed by atoms with E-state index < -0.39 is 0 Å². The predicted octanol–water partition coefficient (Wildman–Crippen LogP) is 2.82. The van der Waals surface area contributed by atoms with Crippen molar-refractivity contribution < 1.29 is 0 Å². The van der Waals surface area contributed by atoms with Crippen molar-refractivity contribution in [2.75, 3.05) is 25.5 Å². The standard InChI is InChI=1S/C16H19N3/c1-18-11-8-16(9-12-18)15-7-4-10-19(15)14-6-3-2-5-13(14)17-16/h2-7,10,17H,8-9,11-12H2,1H3. The summed E-state index contributed by atoms with van der Waals surface area (Å²) in [6.07, 6.45) is 4.53. The number of fused-ring (bicyclic) bond motifs is 4. The molecular formula is C16H19N3. The van der Waals surface area contributed by atoms with Crippen molar-refractivity contribution in [2.45, 2.75) is 18.4 Å². The first-order valence-corrected chi connectivity index (χ1v) is 7.02. The minimum absolute atomic E-state index is 0.115. The number of likely N-dealkylation sites (tertiary alicyclic amines) is 1. The lowest BCUT2D eigenvalue weighted by Crippen LogP contribution is -2.48. The van der Waals surface area contributed by atoms with Crippen molar-refractivity contribution in [1.29, 1.82) is 0 Å². The van der Waals surface area contributed by atoms with Crippen molar-refractivity contribution in [3.63, 3.8) is 0 Å². The summed E-state index contributed by atoms with van der Waals surface area (Å²) in [4.78, 5) is 2.42. The zero-order valence-corrected chi connectivity index (χ0v) is 11.3. The van der Waals surface area contributed by atoms with Crippen molar-refractivity contribution in [2.24, 2.45) is 0 Å². The number of rotatable bonds is 0. The highest BCUT2D eigenvalue weighted by molar-refractivity contribution is 5.66. The van der Waals surface area contributed by atoms with E-state index in [0.29, 0.717) is 0 Å². The smallest absolute Gasteiger partial charge is 0.0804 e. The maximum Gasteiger partial charge on any atom is 0.0804 e. The van der Waals surface area contributed by atoms with E-state index in [4.69, 9.17) is 0 Å². The molecule has 0 bridgehead atoms. The Bertz CT molecular complexity index is 606. The molecule has 1 aromatic carbocycles. The van der Waals surface area contributed by atoms with Gasteiger partial charge in [0.2, 0.25) is 0 Å². The molecule has 0 unspecified atom stereocenters. The average molecular weight is 253 g/mol. The maximum atomic E-state index is 3.83. The Morgan fingerprint density at radius 3 is 2.68 bits per heavy atom. The molecule has 1 aromatic heterocycles. The van der Waals surface area contributed by atoms with E-state index in [0.717, 1.165) is 13.1 Å². The number of hydrogen-bond acceptors (Lipinski definition) is 2. The van der Waals surface area contributed by atoms with Gasteiger partial charge in [0, 0.05) is 25.0 Å². The number of anilines is 1. The number of para-hydroxylation sites is 2. The lowest BCUT2D eigenvalue weighted by Gasteiger charge is -2.45. The highest BCUT2D eigenvalue weighted by Gasteiger charge is 2.40. The van der Waals surface area contributed by atoms with Crippen LogP contribution in [0.5, 0.6) is 0 Å². The molecule has 1 fully saturated rings. The summed E-state index contributed by atoms with van der Waals surface area (Å²) in [5, 5.41) is 3.83. The maximum absolute atomic E-state index is 3.83. The number of benzene rings is 1. The third kappa shape index (κ3) is 1.55. The van der Waals surface area contributed by atoms with Gasteiger partial charge >= 0.3 is 0 Å². The molecule has 3 nitrogen and oxygen atoms in total. The molecule has 1 saturated heterocycles. The van der Waals surface area contributed by atoms with Crippen LogP contribution in [0.4, 0.5) is 5.69 Å². The number of nitrogens with one attached hydrogen (secondary N) is 1. The molecule has 0 aliphatic carbocycles. The Balaban J connectivity index is 1.86. The number of hydrogen-bond donors (Lipinski definition) is 1. The number of nitrogens with zero attached hydrogens (tertiary/aromatic N) is 2. The van der Waals surface area contributed by atoms with Gasteiger partial charge in [0.25, 0.3) is 0 Å². The van der Waals surface area contributed by atoms with Crippen molar-refractivity contribution in [3.05, 3.63) is 48.3 Å². The first-order valence-electron chi connectivity index (χ1n) is 7.02. The van der Waals surface area contributed by atoms with Crippen LogP contribution >= 0.6 is 0 Å². The van der Waals surface area contributed by atoms with Gasteiger partial charge in [-0.3, -0.25) is 0 Å². The lowest BCUT2D eigenvalue weighted by atomic mass is 9.82. The fraction of sp³-hybridized carbons (Fsp3) is 0.375. The molecule has 0 amide bonds. The number of piperidine rings is 1. The Kier molecular flexibility index (Phi) is 2.27. The van der Waals surface area contributed by atoms with Crippen LogP contribution in [0, 0.1) is 0 Å². The topological polar surface area (TPSA) is 20.2 Å². The van der Waals surface area contributed by atoms with E-state index in [1.165, 1.54) is 29.9 Å². The van der Waals surface area contributed by atoms with Crippen LogP contribution in [0.3, 0.4) is 0 Å². The molecule has 2 aliphatic heterocycles. The molecule has 0 saturated carbocycles. The molecule has 4 rings (SSSR count). The zero-order chi connectivity index (χ0) is 12.9. The molecular weight excluding hydrogens is 234 g/mol. The summed E-state index contributed by atoms with van der Waals surface area (Å²) in [7, 11) is 2.21. The quantitative estimate of drug-likeness (QED) is 0.779. The van der Waals surface area contributed by atoms with E-state index in [9.17, 15) is 0 Å². The Hall–Kier alpha value is -1.74. The van der Waals surface area contributed by atoms with Gasteiger partial charge < -0.3 is 14.8 Å². The molecule has 2 aliphatic rings. The monoisotopic (exact) mass is 253 g/mol. The van der Waals surface area contributed by atoms with Crippen LogP contribution in [-0.2, 0) is 5.54 Å². The van der Waals surface area contributed by atoms with E-state index in [1.54, 1.807) is 0 Å². The van der Waals surface area contributed by atoms with Gasteiger partial charge in [0.15, 0.2) is 0 Å². The Morgan fingerprint density at radius 2 is 1.84 bits per heavy atom. The summed E-state index contributed by atoms with van der Waals surface area (Å²) < 4.78 is 2.36. The summed E-state index contributed by atoms with van der Waals surface area (Å²) >= 11 is 0. The van der Waals surface area contributed by atoms with Crippen molar-refractivity contribution >= 4 is 5.69 Å². The predicted molar refractivity (Wildman–Crippen MR) is 77.8 cm³/mol. The zero-order valence-electron chi connectivity index (χ0n) is 11.3. The molecule has 1 N–H and O–H groups in total. The molecule has 0 radical (unpaired) electrons. The van der Waals surface area contributed by atoms with Gasteiger partial charge in [-0.15, -0.1) is 0 Å². The Morgan fingerprint density at radius 1 is 1.05 bits per heavy atom. The molecule has 3 heteroatoms. The summed E-state index contributed by atoms with van der Waals surface area (Å²) in [5.41, 5.74) is 4.06. The second-order valence-corrected chi connectivity index (χ2v) is 5.79. The summed E-state index contributed by atoms with van der Waals surface area (Å²) in [5.74, 6) is 0.